The molecule has 2 N–H and O–H groups in total. The Bertz CT molecular complexity index is 1060. The molecule has 7 heteroatoms. The standard InChI is InChI=1S/C19H16N2O3S2/c1-24-13-9-11-14(12-10-13)26(22,23)21-16-6-4-8-18-19(16)20-15-5-2-3-7-17(15)25-18/h2-12,20-21H,1H3. The molecule has 1 aliphatic rings. The third kappa shape index (κ3) is 3.11. The summed E-state index contributed by atoms with van der Waals surface area (Å²) < 4.78 is 33.3. The van der Waals surface area contributed by atoms with Crippen molar-refractivity contribution in [3.63, 3.8) is 0 Å². The van der Waals surface area contributed by atoms with Crippen molar-refractivity contribution in [1.82, 2.24) is 0 Å². The summed E-state index contributed by atoms with van der Waals surface area (Å²) in [6, 6.07) is 19.8. The zero-order valence-corrected chi connectivity index (χ0v) is 15.5. The molecule has 0 radical (unpaired) electrons. The molecule has 0 atom stereocenters. The average molecular weight is 384 g/mol. The van der Waals surface area contributed by atoms with E-state index in [1.54, 1.807) is 37.1 Å². The highest BCUT2D eigenvalue weighted by Gasteiger charge is 2.21. The Morgan fingerprint density at radius 1 is 0.923 bits per heavy atom. The molecule has 0 saturated carbocycles. The third-order valence-electron chi connectivity index (χ3n) is 4.01. The van der Waals surface area contributed by atoms with Crippen LogP contribution in [0.25, 0.3) is 0 Å². The molecule has 132 valence electrons. The Morgan fingerprint density at radius 2 is 1.65 bits per heavy atom. The maximum Gasteiger partial charge on any atom is 0.261 e. The first-order valence-electron chi connectivity index (χ1n) is 7.90. The minimum absolute atomic E-state index is 0.180. The number of para-hydroxylation sites is 2. The quantitative estimate of drug-likeness (QED) is 0.534. The first-order valence-corrected chi connectivity index (χ1v) is 10.2. The van der Waals surface area contributed by atoms with Crippen LogP contribution in [0, 0.1) is 0 Å². The lowest BCUT2D eigenvalue weighted by Crippen LogP contribution is -2.15. The predicted octanol–water partition coefficient (Wildman–Crippen LogP) is 4.70. The smallest absolute Gasteiger partial charge is 0.261 e. The summed E-state index contributed by atoms with van der Waals surface area (Å²) in [5, 5.41) is 3.33. The fourth-order valence-electron chi connectivity index (χ4n) is 2.70. The lowest BCUT2D eigenvalue weighted by Gasteiger charge is -2.23. The van der Waals surface area contributed by atoms with Crippen LogP contribution in [-0.2, 0) is 10.0 Å². The molecule has 0 fully saturated rings. The van der Waals surface area contributed by atoms with Gasteiger partial charge in [-0.2, -0.15) is 0 Å². The second-order valence-corrected chi connectivity index (χ2v) is 8.45. The van der Waals surface area contributed by atoms with E-state index in [9.17, 15) is 8.42 Å². The summed E-state index contributed by atoms with van der Waals surface area (Å²) in [4.78, 5) is 2.26. The van der Waals surface area contributed by atoms with Crippen LogP contribution in [0.5, 0.6) is 5.75 Å². The van der Waals surface area contributed by atoms with Gasteiger partial charge in [0.25, 0.3) is 10.0 Å². The van der Waals surface area contributed by atoms with Crippen LogP contribution in [0.2, 0.25) is 0 Å². The molecular weight excluding hydrogens is 368 g/mol. The molecule has 0 aromatic heterocycles. The Hall–Kier alpha value is -2.64. The monoisotopic (exact) mass is 384 g/mol. The second-order valence-electron chi connectivity index (χ2n) is 5.68. The largest absolute Gasteiger partial charge is 0.497 e. The number of nitrogens with one attached hydrogen (secondary N) is 2. The van der Waals surface area contributed by atoms with Crippen LogP contribution in [0.15, 0.2) is 81.4 Å². The lowest BCUT2D eigenvalue weighted by atomic mass is 10.2. The molecular formula is C19H16N2O3S2. The van der Waals surface area contributed by atoms with E-state index in [-0.39, 0.29) is 4.90 Å². The SMILES string of the molecule is COc1ccc(S(=O)(=O)Nc2cccc3c2Nc2ccccc2S3)cc1. The topological polar surface area (TPSA) is 67.4 Å². The number of fused-ring (bicyclic) bond motifs is 2. The maximum atomic E-state index is 12.7. The molecule has 3 aromatic rings. The number of hydrogen-bond donors (Lipinski definition) is 2. The van der Waals surface area contributed by atoms with E-state index in [0.29, 0.717) is 11.4 Å². The van der Waals surface area contributed by atoms with Gasteiger partial charge in [-0.05, 0) is 48.5 Å². The summed E-state index contributed by atoms with van der Waals surface area (Å²) in [5.41, 5.74) is 2.23. The van der Waals surface area contributed by atoms with Crippen LogP contribution in [-0.4, -0.2) is 15.5 Å². The van der Waals surface area contributed by atoms with Gasteiger partial charge in [0.15, 0.2) is 0 Å². The van der Waals surface area contributed by atoms with Gasteiger partial charge >= 0.3 is 0 Å². The van der Waals surface area contributed by atoms with Crippen LogP contribution < -0.4 is 14.8 Å². The van der Waals surface area contributed by atoms with Crippen LogP contribution in [0.3, 0.4) is 0 Å². The molecule has 0 bridgehead atoms. The molecule has 1 aliphatic heterocycles. The fraction of sp³-hybridized carbons (Fsp3) is 0.0526. The van der Waals surface area contributed by atoms with Gasteiger partial charge in [-0.1, -0.05) is 30.0 Å². The maximum absolute atomic E-state index is 12.7. The van der Waals surface area contributed by atoms with Crippen molar-refractivity contribution in [3.05, 3.63) is 66.7 Å². The minimum atomic E-state index is -3.70. The molecule has 0 saturated heterocycles. The van der Waals surface area contributed by atoms with E-state index in [4.69, 9.17) is 4.74 Å². The molecule has 0 unspecified atom stereocenters. The lowest BCUT2D eigenvalue weighted by molar-refractivity contribution is 0.414. The van der Waals surface area contributed by atoms with E-state index in [1.165, 1.54) is 12.1 Å². The van der Waals surface area contributed by atoms with Crippen molar-refractivity contribution in [2.45, 2.75) is 14.7 Å². The number of rotatable bonds is 4. The highest BCUT2D eigenvalue weighted by atomic mass is 32.2. The number of ether oxygens (including phenoxy) is 1. The van der Waals surface area contributed by atoms with Gasteiger partial charge in [0.05, 0.1) is 29.1 Å². The first-order chi connectivity index (χ1) is 12.6. The highest BCUT2D eigenvalue weighted by Crippen LogP contribution is 2.47. The summed E-state index contributed by atoms with van der Waals surface area (Å²) in [7, 11) is -2.16. The van der Waals surface area contributed by atoms with Crippen molar-refractivity contribution in [2.24, 2.45) is 0 Å². The highest BCUT2D eigenvalue weighted by molar-refractivity contribution is 7.99. The summed E-state index contributed by atoms with van der Waals surface area (Å²) in [6.07, 6.45) is 0. The molecule has 0 aliphatic carbocycles. The molecule has 3 aromatic carbocycles. The van der Waals surface area contributed by atoms with Gasteiger partial charge in [0.1, 0.15) is 5.75 Å². The van der Waals surface area contributed by atoms with Crippen LogP contribution in [0.1, 0.15) is 0 Å². The number of anilines is 3. The van der Waals surface area contributed by atoms with Crippen molar-refractivity contribution >= 4 is 38.8 Å². The Morgan fingerprint density at radius 3 is 2.42 bits per heavy atom. The molecule has 4 rings (SSSR count). The van der Waals surface area contributed by atoms with E-state index in [0.717, 1.165) is 21.2 Å². The number of benzene rings is 3. The Labute approximate surface area is 156 Å². The molecule has 26 heavy (non-hydrogen) atoms. The van der Waals surface area contributed by atoms with Gasteiger partial charge < -0.3 is 10.1 Å². The number of sulfonamides is 1. The molecule has 1 heterocycles. The number of hydrogen-bond acceptors (Lipinski definition) is 5. The normalized spacial score (nSPS) is 12.5. The molecule has 0 amide bonds. The van der Waals surface area contributed by atoms with Gasteiger partial charge in [-0.15, -0.1) is 0 Å². The second kappa shape index (κ2) is 6.59. The minimum Gasteiger partial charge on any atom is -0.497 e. The average Bonchev–Trinajstić information content (AvgIpc) is 2.66. The van der Waals surface area contributed by atoms with Crippen molar-refractivity contribution < 1.29 is 13.2 Å². The van der Waals surface area contributed by atoms with Crippen molar-refractivity contribution in [2.75, 3.05) is 17.1 Å². The van der Waals surface area contributed by atoms with E-state index < -0.39 is 10.0 Å². The predicted molar refractivity (Wildman–Crippen MR) is 104 cm³/mol. The van der Waals surface area contributed by atoms with Crippen LogP contribution in [0.4, 0.5) is 17.1 Å². The fourth-order valence-corrected chi connectivity index (χ4v) is 4.79. The van der Waals surface area contributed by atoms with Gasteiger partial charge in [-0.3, -0.25) is 4.72 Å². The van der Waals surface area contributed by atoms with E-state index >= 15 is 0 Å². The van der Waals surface area contributed by atoms with Crippen LogP contribution >= 0.6 is 11.8 Å². The number of methoxy groups -OCH3 is 1. The third-order valence-corrected chi connectivity index (χ3v) is 6.52. The Balaban J connectivity index is 1.67. The molecule has 0 spiro atoms. The van der Waals surface area contributed by atoms with E-state index in [2.05, 4.69) is 10.0 Å². The van der Waals surface area contributed by atoms with Crippen molar-refractivity contribution in [1.29, 1.82) is 0 Å². The Kier molecular flexibility index (Phi) is 4.26. The zero-order valence-electron chi connectivity index (χ0n) is 13.9. The van der Waals surface area contributed by atoms with Crippen molar-refractivity contribution in [3.8, 4) is 5.75 Å². The summed E-state index contributed by atoms with van der Waals surface area (Å²) >= 11 is 1.61. The summed E-state index contributed by atoms with van der Waals surface area (Å²) in [6.45, 7) is 0. The first kappa shape index (κ1) is 16.8. The van der Waals surface area contributed by atoms with Gasteiger partial charge in [0, 0.05) is 9.79 Å². The van der Waals surface area contributed by atoms with E-state index in [1.807, 2.05) is 36.4 Å². The van der Waals surface area contributed by atoms with Gasteiger partial charge in [0.2, 0.25) is 0 Å². The zero-order chi connectivity index (χ0) is 18.1. The molecule has 5 nitrogen and oxygen atoms in total. The van der Waals surface area contributed by atoms with Gasteiger partial charge in [-0.25, -0.2) is 8.42 Å². The summed E-state index contributed by atoms with van der Waals surface area (Å²) in [5.74, 6) is 0.607.